The Kier molecular flexibility index (Phi) is 5.59. The minimum Gasteiger partial charge on any atom is -0.443 e. The predicted octanol–water partition coefficient (Wildman–Crippen LogP) is 1.19. The van der Waals surface area contributed by atoms with Crippen molar-refractivity contribution in [1.82, 2.24) is 19.7 Å². The lowest BCUT2D eigenvalue weighted by Crippen LogP contribution is -2.50. The first kappa shape index (κ1) is 19.5. The van der Waals surface area contributed by atoms with Gasteiger partial charge in [0.25, 0.3) is 0 Å². The summed E-state index contributed by atoms with van der Waals surface area (Å²) in [6.07, 6.45) is 5.73. The van der Waals surface area contributed by atoms with Crippen LogP contribution in [0.15, 0.2) is 6.07 Å². The maximum absolute atomic E-state index is 12.9. The number of aromatic nitrogens is 1. The van der Waals surface area contributed by atoms with E-state index in [-0.39, 0.29) is 12.0 Å². The van der Waals surface area contributed by atoms with E-state index < -0.39 is 5.60 Å². The molecule has 0 aromatic carbocycles. The number of hydrogen-bond acceptors (Lipinski definition) is 5. The molecule has 0 radical (unpaired) electrons. The zero-order chi connectivity index (χ0) is 19.6. The van der Waals surface area contributed by atoms with Gasteiger partial charge in [-0.3, -0.25) is 14.3 Å². The SMILES string of the molecule is C#CCN1CCN(Cc2cc3c(n2C(=O)OC(C)(C)C)CCNC3)C(=O)C1. The van der Waals surface area contributed by atoms with E-state index >= 15 is 0 Å². The summed E-state index contributed by atoms with van der Waals surface area (Å²) in [5.41, 5.74) is 2.31. The predicted molar refractivity (Wildman–Crippen MR) is 102 cm³/mol. The van der Waals surface area contributed by atoms with E-state index in [9.17, 15) is 9.59 Å². The lowest BCUT2D eigenvalue weighted by atomic mass is 10.1. The molecule has 0 spiro atoms. The highest BCUT2D eigenvalue weighted by Gasteiger charge is 2.29. The van der Waals surface area contributed by atoms with Crippen LogP contribution in [-0.2, 0) is 29.0 Å². The number of fused-ring (bicyclic) bond motifs is 1. The molecule has 27 heavy (non-hydrogen) atoms. The smallest absolute Gasteiger partial charge is 0.419 e. The van der Waals surface area contributed by atoms with Crippen molar-refractivity contribution in [2.45, 2.75) is 45.9 Å². The average molecular weight is 372 g/mol. The standard InChI is InChI=1S/C20H28N4O3/c1-5-8-22-9-10-23(18(25)14-22)13-16-11-15-12-21-7-6-17(15)24(16)19(26)27-20(2,3)4/h1,11,21H,6-10,12-14H2,2-4H3. The minimum absolute atomic E-state index is 0.0320. The molecule has 2 aliphatic rings. The van der Waals surface area contributed by atoms with Crippen molar-refractivity contribution in [1.29, 1.82) is 0 Å². The lowest BCUT2D eigenvalue weighted by molar-refractivity contribution is -0.136. The number of hydrogen-bond donors (Lipinski definition) is 1. The summed E-state index contributed by atoms with van der Waals surface area (Å²) >= 11 is 0. The largest absolute Gasteiger partial charge is 0.443 e. The number of carbonyl (C=O) groups excluding carboxylic acids is 2. The monoisotopic (exact) mass is 372 g/mol. The molecule has 3 heterocycles. The molecule has 1 amide bonds. The van der Waals surface area contributed by atoms with Gasteiger partial charge in [0.15, 0.2) is 0 Å². The van der Waals surface area contributed by atoms with Gasteiger partial charge in [0.05, 0.1) is 19.6 Å². The number of amides is 1. The van der Waals surface area contributed by atoms with E-state index in [1.807, 2.05) is 31.7 Å². The van der Waals surface area contributed by atoms with Crippen molar-refractivity contribution in [3.63, 3.8) is 0 Å². The number of rotatable bonds is 3. The van der Waals surface area contributed by atoms with E-state index in [4.69, 9.17) is 11.2 Å². The van der Waals surface area contributed by atoms with Crippen LogP contribution in [0.3, 0.4) is 0 Å². The fraction of sp³-hybridized carbons (Fsp3) is 0.600. The molecule has 1 aromatic rings. The Hall–Kier alpha value is -2.30. The Balaban J connectivity index is 1.83. The highest BCUT2D eigenvalue weighted by molar-refractivity contribution is 5.79. The second-order valence-corrected chi connectivity index (χ2v) is 8.08. The number of nitrogens with one attached hydrogen (secondary N) is 1. The summed E-state index contributed by atoms with van der Waals surface area (Å²) in [4.78, 5) is 29.1. The van der Waals surface area contributed by atoms with Gasteiger partial charge >= 0.3 is 6.09 Å². The number of ether oxygens (including phenoxy) is 1. The van der Waals surface area contributed by atoms with Crippen LogP contribution in [0.1, 0.15) is 37.7 Å². The number of carbonyl (C=O) groups is 2. The molecule has 7 nitrogen and oxygen atoms in total. The molecule has 0 aliphatic carbocycles. The van der Waals surface area contributed by atoms with Gasteiger partial charge in [-0.1, -0.05) is 5.92 Å². The van der Waals surface area contributed by atoms with Crippen LogP contribution in [0.2, 0.25) is 0 Å². The third-order valence-corrected chi connectivity index (χ3v) is 4.76. The van der Waals surface area contributed by atoms with Crippen molar-refractivity contribution in [2.24, 2.45) is 0 Å². The van der Waals surface area contributed by atoms with Crippen molar-refractivity contribution in [3.05, 3.63) is 23.0 Å². The molecular weight excluding hydrogens is 344 g/mol. The topological polar surface area (TPSA) is 66.8 Å². The van der Waals surface area contributed by atoms with Crippen LogP contribution in [0, 0.1) is 12.3 Å². The van der Waals surface area contributed by atoms with Crippen LogP contribution in [0.25, 0.3) is 0 Å². The van der Waals surface area contributed by atoms with Gasteiger partial charge in [-0.05, 0) is 32.4 Å². The first-order valence-corrected chi connectivity index (χ1v) is 9.38. The van der Waals surface area contributed by atoms with E-state index in [2.05, 4.69) is 11.2 Å². The summed E-state index contributed by atoms with van der Waals surface area (Å²) < 4.78 is 7.29. The van der Waals surface area contributed by atoms with Gasteiger partial charge in [0.1, 0.15) is 5.60 Å². The van der Waals surface area contributed by atoms with Crippen LogP contribution in [-0.4, -0.2) is 64.7 Å². The molecule has 0 saturated carbocycles. The van der Waals surface area contributed by atoms with Gasteiger partial charge < -0.3 is 15.0 Å². The molecule has 0 atom stereocenters. The third kappa shape index (κ3) is 4.52. The van der Waals surface area contributed by atoms with E-state index in [0.717, 1.165) is 43.0 Å². The minimum atomic E-state index is -0.574. The number of piperazine rings is 1. The summed E-state index contributed by atoms with van der Waals surface area (Å²) in [5, 5.41) is 3.33. The van der Waals surface area contributed by atoms with Crippen molar-refractivity contribution >= 4 is 12.0 Å². The molecule has 1 aromatic heterocycles. The Morgan fingerprint density at radius 2 is 2.15 bits per heavy atom. The molecule has 1 N–H and O–H groups in total. The van der Waals surface area contributed by atoms with Gasteiger partial charge in [0, 0.05) is 44.0 Å². The van der Waals surface area contributed by atoms with Crippen LogP contribution in [0.5, 0.6) is 0 Å². The summed E-state index contributed by atoms with van der Waals surface area (Å²) in [6.45, 7) is 9.66. The number of terminal acetylenes is 1. The molecule has 1 saturated heterocycles. The molecule has 0 bridgehead atoms. The molecular formula is C20H28N4O3. The van der Waals surface area contributed by atoms with Crippen LogP contribution >= 0.6 is 0 Å². The first-order valence-electron chi connectivity index (χ1n) is 9.38. The van der Waals surface area contributed by atoms with Crippen LogP contribution < -0.4 is 5.32 Å². The fourth-order valence-electron chi connectivity index (χ4n) is 3.56. The number of nitrogens with zero attached hydrogens (tertiary/aromatic N) is 3. The zero-order valence-corrected chi connectivity index (χ0v) is 16.4. The quantitative estimate of drug-likeness (QED) is 0.808. The summed E-state index contributed by atoms with van der Waals surface area (Å²) in [7, 11) is 0. The molecule has 146 valence electrons. The van der Waals surface area contributed by atoms with E-state index in [1.165, 1.54) is 0 Å². The van der Waals surface area contributed by atoms with Crippen molar-refractivity contribution in [2.75, 3.05) is 32.7 Å². The van der Waals surface area contributed by atoms with Crippen LogP contribution in [0.4, 0.5) is 4.79 Å². The van der Waals surface area contributed by atoms with Gasteiger partial charge in [0.2, 0.25) is 5.91 Å². The summed E-state index contributed by atoms with van der Waals surface area (Å²) in [6, 6.07) is 2.02. The van der Waals surface area contributed by atoms with Gasteiger partial charge in [-0.2, -0.15) is 0 Å². The highest BCUT2D eigenvalue weighted by Crippen LogP contribution is 2.23. The maximum Gasteiger partial charge on any atom is 0.419 e. The normalized spacial score (nSPS) is 18.1. The second kappa shape index (κ2) is 7.75. The highest BCUT2D eigenvalue weighted by atomic mass is 16.6. The third-order valence-electron chi connectivity index (χ3n) is 4.76. The molecule has 1 fully saturated rings. The van der Waals surface area contributed by atoms with Crippen molar-refractivity contribution in [3.8, 4) is 12.3 Å². The fourth-order valence-corrected chi connectivity index (χ4v) is 3.56. The Morgan fingerprint density at radius 3 is 2.81 bits per heavy atom. The Bertz CT molecular complexity index is 769. The molecule has 3 rings (SSSR count). The molecule has 0 unspecified atom stereocenters. The average Bonchev–Trinajstić information content (AvgIpc) is 2.94. The maximum atomic E-state index is 12.9. The Morgan fingerprint density at radius 1 is 1.37 bits per heavy atom. The van der Waals surface area contributed by atoms with E-state index in [0.29, 0.717) is 26.2 Å². The van der Waals surface area contributed by atoms with Gasteiger partial charge in [-0.25, -0.2) is 4.79 Å². The van der Waals surface area contributed by atoms with E-state index in [1.54, 1.807) is 9.47 Å². The lowest BCUT2D eigenvalue weighted by Gasteiger charge is -2.33. The molecule has 7 heteroatoms. The zero-order valence-electron chi connectivity index (χ0n) is 16.4. The second-order valence-electron chi connectivity index (χ2n) is 8.08. The first-order chi connectivity index (χ1) is 12.8. The molecule has 2 aliphatic heterocycles. The Labute approximate surface area is 160 Å². The van der Waals surface area contributed by atoms with Gasteiger partial charge in [-0.15, -0.1) is 6.42 Å². The summed E-state index contributed by atoms with van der Waals surface area (Å²) in [5.74, 6) is 2.62. The van der Waals surface area contributed by atoms with Crippen molar-refractivity contribution < 1.29 is 14.3 Å².